The van der Waals surface area contributed by atoms with Crippen molar-refractivity contribution >= 4 is 42.3 Å². The second-order valence-corrected chi connectivity index (χ2v) is 5.24. The van der Waals surface area contributed by atoms with Gasteiger partial charge in [0, 0.05) is 38.2 Å². The van der Waals surface area contributed by atoms with Crippen LogP contribution in [-0.2, 0) is 14.3 Å². The van der Waals surface area contributed by atoms with E-state index in [1.54, 1.807) is 31.6 Å². The number of halogens is 2. The molecular weight excluding hydrogens is 355 g/mol. The van der Waals surface area contributed by atoms with E-state index in [1.807, 2.05) is 0 Å². The molecule has 1 fully saturated rings. The number of methoxy groups -OCH3 is 1. The summed E-state index contributed by atoms with van der Waals surface area (Å²) < 4.78 is 5.43. The third kappa shape index (κ3) is 6.24. The Kier molecular flexibility index (Phi) is 10.5. The number of aromatic nitrogens is 1. The smallest absolute Gasteiger partial charge is 0.252 e. The first-order valence-corrected chi connectivity index (χ1v) is 7.40. The molecule has 0 unspecified atom stereocenters. The summed E-state index contributed by atoms with van der Waals surface area (Å²) in [6, 6.07) is 3.43. The Hall–Kier alpha value is -1.41. The summed E-state index contributed by atoms with van der Waals surface area (Å²) in [6.07, 6.45) is 4.71. The molecule has 2 rings (SSSR count). The monoisotopic (exact) mass is 378 g/mol. The summed E-state index contributed by atoms with van der Waals surface area (Å²) in [7, 11) is 1.56. The predicted molar refractivity (Wildman–Crippen MR) is 96.8 cm³/mol. The van der Waals surface area contributed by atoms with Crippen molar-refractivity contribution in [3.05, 3.63) is 24.5 Å². The number of pyridine rings is 1. The third-order valence-electron chi connectivity index (χ3n) is 3.82. The van der Waals surface area contributed by atoms with Crippen LogP contribution in [0.4, 0.5) is 5.69 Å². The molecule has 9 heteroatoms. The Morgan fingerprint density at radius 3 is 2.46 bits per heavy atom. The van der Waals surface area contributed by atoms with Crippen LogP contribution in [0.3, 0.4) is 0 Å². The number of rotatable bonds is 6. The SMILES string of the molecule is COC1(C(=O)NCCC(=O)Nc2ccncc2)CCNCC1.Cl.Cl. The van der Waals surface area contributed by atoms with E-state index in [4.69, 9.17) is 4.74 Å². The van der Waals surface area contributed by atoms with Crippen LogP contribution in [0.2, 0.25) is 0 Å². The Morgan fingerprint density at radius 2 is 1.88 bits per heavy atom. The zero-order valence-electron chi connectivity index (χ0n) is 13.5. The van der Waals surface area contributed by atoms with E-state index in [0.717, 1.165) is 13.1 Å². The minimum absolute atomic E-state index is 0. The van der Waals surface area contributed by atoms with Crippen LogP contribution < -0.4 is 16.0 Å². The van der Waals surface area contributed by atoms with E-state index in [0.29, 0.717) is 18.5 Å². The molecule has 0 bridgehead atoms. The molecule has 2 heterocycles. The highest BCUT2D eigenvalue weighted by atomic mass is 35.5. The minimum atomic E-state index is -0.771. The van der Waals surface area contributed by atoms with E-state index in [1.165, 1.54) is 0 Å². The maximum absolute atomic E-state index is 12.3. The van der Waals surface area contributed by atoms with Crippen LogP contribution in [0.5, 0.6) is 0 Å². The maximum atomic E-state index is 12.3. The number of hydrogen-bond acceptors (Lipinski definition) is 5. The molecule has 136 valence electrons. The molecular formula is C15H24Cl2N4O3. The highest BCUT2D eigenvalue weighted by molar-refractivity contribution is 5.91. The first-order chi connectivity index (χ1) is 10.7. The number of nitrogens with zero attached hydrogens (tertiary/aromatic N) is 1. The molecule has 0 radical (unpaired) electrons. The van der Waals surface area contributed by atoms with Crippen LogP contribution in [-0.4, -0.2) is 49.1 Å². The topological polar surface area (TPSA) is 92.3 Å². The first-order valence-electron chi connectivity index (χ1n) is 7.40. The van der Waals surface area contributed by atoms with Gasteiger partial charge in [-0.25, -0.2) is 0 Å². The molecule has 1 aliphatic rings. The summed E-state index contributed by atoms with van der Waals surface area (Å²) in [5, 5.41) is 8.74. The van der Waals surface area contributed by atoms with Gasteiger partial charge < -0.3 is 20.7 Å². The Labute approximate surface area is 154 Å². The molecule has 1 aromatic heterocycles. The first kappa shape index (κ1) is 22.6. The van der Waals surface area contributed by atoms with Gasteiger partial charge in [-0.05, 0) is 38.1 Å². The fraction of sp³-hybridized carbons (Fsp3) is 0.533. The molecule has 0 spiro atoms. The van der Waals surface area contributed by atoms with Gasteiger partial charge >= 0.3 is 0 Å². The Bertz CT molecular complexity index is 511. The molecule has 7 nitrogen and oxygen atoms in total. The van der Waals surface area contributed by atoms with Crippen molar-refractivity contribution in [3.8, 4) is 0 Å². The van der Waals surface area contributed by atoms with E-state index in [9.17, 15) is 9.59 Å². The zero-order valence-corrected chi connectivity index (χ0v) is 15.2. The number of anilines is 1. The summed E-state index contributed by atoms with van der Waals surface area (Å²) >= 11 is 0. The molecule has 1 saturated heterocycles. The molecule has 0 saturated carbocycles. The maximum Gasteiger partial charge on any atom is 0.252 e. The predicted octanol–water partition coefficient (Wildman–Crippen LogP) is 1.14. The number of amides is 2. The van der Waals surface area contributed by atoms with E-state index >= 15 is 0 Å². The fourth-order valence-electron chi connectivity index (χ4n) is 2.46. The lowest BCUT2D eigenvalue weighted by Gasteiger charge is -2.34. The molecule has 24 heavy (non-hydrogen) atoms. The third-order valence-corrected chi connectivity index (χ3v) is 3.82. The molecule has 3 N–H and O–H groups in total. The number of nitrogens with one attached hydrogen (secondary N) is 3. The van der Waals surface area contributed by atoms with E-state index < -0.39 is 5.60 Å². The summed E-state index contributed by atoms with van der Waals surface area (Å²) in [5.41, 5.74) is -0.0784. The summed E-state index contributed by atoms with van der Waals surface area (Å²) in [6.45, 7) is 1.79. The lowest BCUT2D eigenvalue weighted by molar-refractivity contribution is -0.146. The zero-order chi connectivity index (χ0) is 15.8. The second kappa shape index (κ2) is 11.2. The summed E-state index contributed by atoms with van der Waals surface area (Å²) in [5.74, 6) is -0.295. The van der Waals surface area contributed by atoms with Crippen molar-refractivity contribution < 1.29 is 14.3 Å². The number of carbonyl (C=O) groups excluding carboxylic acids is 2. The van der Waals surface area contributed by atoms with Gasteiger partial charge in [-0.3, -0.25) is 14.6 Å². The molecule has 0 atom stereocenters. The number of carbonyl (C=O) groups is 2. The standard InChI is InChI=1S/C15H22N4O3.2ClH/c1-22-15(5-10-17-11-6-15)14(21)18-9-4-13(20)19-12-2-7-16-8-3-12;;/h2-3,7-8,17H,4-6,9-11H2,1H3,(H,18,21)(H,16,19,20);2*1H. The molecule has 1 aliphatic heterocycles. The van der Waals surface area contributed by atoms with E-state index in [-0.39, 0.29) is 49.6 Å². The number of piperidine rings is 1. The Balaban J connectivity index is 0.00000264. The molecule has 1 aromatic rings. The minimum Gasteiger partial charge on any atom is -0.368 e. The van der Waals surface area contributed by atoms with Crippen molar-refractivity contribution in [2.75, 3.05) is 32.1 Å². The van der Waals surface area contributed by atoms with Gasteiger partial charge in [0.15, 0.2) is 0 Å². The van der Waals surface area contributed by atoms with Crippen LogP contribution >= 0.6 is 24.8 Å². The van der Waals surface area contributed by atoms with Gasteiger partial charge in [0.05, 0.1) is 0 Å². The van der Waals surface area contributed by atoms with Crippen molar-refractivity contribution in [2.24, 2.45) is 0 Å². The van der Waals surface area contributed by atoms with Crippen molar-refractivity contribution in [1.29, 1.82) is 0 Å². The van der Waals surface area contributed by atoms with Gasteiger partial charge in [-0.15, -0.1) is 24.8 Å². The van der Waals surface area contributed by atoms with Gasteiger partial charge in [0.1, 0.15) is 5.60 Å². The average molecular weight is 379 g/mol. The van der Waals surface area contributed by atoms with Crippen molar-refractivity contribution in [3.63, 3.8) is 0 Å². The van der Waals surface area contributed by atoms with Gasteiger partial charge in [-0.2, -0.15) is 0 Å². The Morgan fingerprint density at radius 1 is 1.25 bits per heavy atom. The van der Waals surface area contributed by atoms with Crippen molar-refractivity contribution in [1.82, 2.24) is 15.6 Å². The highest BCUT2D eigenvalue weighted by Crippen LogP contribution is 2.22. The lowest BCUT2D eigenvalue weighted by atomic mass is 9.91. The van der Waals surface area contributed by atoms with E-state index in [2.05, 4.69) is 20.9 Å². The van der Waals surface area contributed by atoms with Crippen LogP contribution in [0.1, 0.15) is 19.3 Å². The van der Waals surface area contributed by atoms with Crippen LogP contribution in [0, 0.1) is 0 Å². The lowest BCUT2D eigenvalue weighted by Crippen LogP contribution is -2.54. The second-order valence-electron chi connectivity index (χ2n) is 5.24. The largest absolute Gasteiger partial charge is 0.368 e. The molecule has 2 amide bonds. The summed E-state index contributed by atoms with van der Waals surface area (Å²) in [4.78, 5) is 28.0. The molecule has 0 aliphatic carbocycles. The normalized spacial score (nSPS) is 15.4. The highest BCUT2D eigenvalue weighted by Gasteiger charge is 2.39. The van der Waals surface area contributed by atoms with Crippen LogP contribution in [0.15, 0.2) is 24.5 Å². The van der Waals surface area contributed by atoms with Gasteiger partial charge in [0.2, 0.25) is 5.91 Å². The molecule has 0 aromatic carbocycles. The van der Waals surface area contributed by atoms with Crippen LogP contribution in [0.25, 0.3) is 0 Å². The average Bonchev–Trinajstić information content (AvgIpc) is 2.56. The quantitative estimate of drug-likeness (QED) is 0.690. The van der Waals surface area contributed by atoms with Gasteiger partial charge in [-0.1, -0.05) is 0 Å². The van der Waals surface area contributed by atoms with Gasteiger partial charge in [0.25, 0.3) is 5.91 Å². The number of hydrogen-bond donors (Lipinski definition) is 3. The fourth-order valence-corrected chi connectivity index (χ4v) is 2.46. The van der Waals surface area contributed by atoms with Crippen molar-refractivity contribution in [2.45, 2.75) is 24.9 Å². The number of ether oxygens (including phenoxy) is 1.